The van der Waals surface area contributed by atoms with Gasteiger partial charge in [0.15, 0.2) is 17.2 Å². The first kappa shape index (κ1) is 26.6. The van der Waals surface area contributed by atoms with E-state index in [2.05, 4.69) is 16.0 Å². The minimum atomic E-state index is -0.500. The molecule has 42 heavy (non-hydrogen) atoms. The molecule has 2 amide bonds. The molecule has 0 saturated carbocycles. The number of nitrogens with one attached hydrogen (secondary N) is 3. The Morgan fingerprint density at radius 1 is 0.905 bits per heavy atom. The van der Waals surface area contributed by atoms with E-state index in [0.29, 0.717) is 46.9 Å². The molecule has 2 aliphatic heterocycles. The highest BCUT2D eigenvalue weighted by Gasteiger charge is 2.21. The maximum atomic E-state index is 13.0. The predicted octanol–water partition coefficient (Wildman–Crippen LogP) is 5.21. The maximum Gasteiger partial charge on any atom is 0.310 e. The molecule has 0 saturated heterocycles. The van der Waals surface area contributed by atoms with Gasteiger partial charge in [0.2, 0.25) is 12.7 Å². The Morgan fingerprint density at radius 3 is 2.52 bits per heavy atom. The van der Waals surface area contributed by atoms with E-state index in [1.807, 2.05) is 30.3 Å². The van der Waals surface area contributed by atoms with Crippen LogP contribution in [0.1, 0.15) is 21.5 Å². The third kappa shape index (κ3) is 5.39. The molecule has 212 valence electrons. The Morgan fingerprint density at radius 2 is 1.69 bits per heavy atom. The van der Waals surface area contributed by atoms with Crippen LogP contribution in [0.3, 0.4) is 0 Å². The summed E-state index contributed by atoms with van der Waals surface area (Å²) < 4.78 is 16.0. The minimum Gasteiger partial charge on any atom is -0.490 e. The highest BCUT2D eigenvalue weighted by Crippen LogP contribution is 2.37. The van der Waals surface area contributed by atoms with Gasteiger partial charge in [0.1, 0.15) is 0 Å². The number of carbonyl (C=O) groups is 2. The Labute approximate surface area is 240 Å². The molecule has 11 heteroatoms. The Balaban J connectivity index is 1.16. The highest BCUT2D eigenvalue weighted by molar-refractivity contribution is 6.12. The Hall–Kier alpha value is -5.58. The van der Waals surface area contributed by atoms with Crippen LogP contribution < -0.4 is 30.2 Å². The van der Waals surface area contributed by atoms with Crippen molar-refractivity contribution in [1.82, 2.24) is 5.32 Å². The first-order valence-corrected chi connectivity index (χ1v) is 13.2. The Kier molecular flexibility index (Phi) is 7.05. The molecule has 2 heterocycles. The van der Waals surface area contributed by atoms with E-state index in [1.54, 1.807) is 36.4 Å². The summed E-state index contributed by atoms with van der Waals surface area (Å²) >= 11 is 0. The van der Waals surface area contributed by atoms with Crippen LogP contribution >= 0.6 is 0 Å². The van der Waals surface area contributed by atoms with Gasteiger partial charge in [0.05, 0.1) is 41.1 Å². The van der Waals surface area contributed by atoms with Gasteiger partial charge in [0, 0.05) is 12.6 Å². The summed E-state index contributed by atoms with van der Waals surface area (Å²) in [6.45, 7) is 0.692. The second kappa shape index (κ2) is 11.1. The van der Waals surface area contributed by atoms with E-state index in [0.717, 1.165) is 22.4 Å². The first-order valence-electron chi connectivity index (χ1n) is 13.2. The van der Waals surface area contributed by atoms with Crippen molar-refractivity contribution in [1.29, 1.82) is 0 Å². The summed E-state index contributed by atoms with van der Waals surface area (Å²) in [4.78, 5) is 36.5. The molecule has 4 aromatic carbocycles. The van der Waals surface area contributed by atoms with Crippen molar-refractivity contribution >= 4 is 34.6 Å². The quantitative estimate of drug-likeness (QED) is 0.195. The summed E-state index contributed by atoms with van der Waals surface area (Å²) in [6.07, 6.45) is 0.819. The lowest BCUT2D eigenvalue weighted by molar-refractivity contribution is -0.385. The fourth-order valence-corrected chi connectivity index (χ4v) is 4.97. The van der Waals surface area contributed by atoms with Crippen molar-refractivity contribution in [2.24, 2.45) is 0 Å². The van der Waals surface area contributed by atoms with Gasteiger partial charge in [-0.1, -0.05) is 18.2 Å². The van der Waals surface area contributed by atoms with E-state index < -0.39 is 4.92 Å². The van der Waals surface area contributed by atoms with Crippen LogP contribution in [-0.2, 0) is 17.6 Å². The number of anilines is 3. The standard InChI is InChI=1S/C31H26N4O7/c1-40-28-16-21(5-8-26(28)35(38)39)20-4-6-22-24(15-20)33-25-12-19(2-7-23(25)34-31(22)37)14-30(36)32-11-10-18-3-9-27-29(13-18)42-17-41-27/h2-9,12-13,15-16,33H,10-11,14,17H2,1H3,(H,32,36)(H,34,37). The zero-order valence-corrected chi connectivity index (χ0v) is 22.6. The third-order valence-electron chi connectivity index (χ3n) is 7.11. The van der Waals surface area contributed by atoms with Crippen LogP contribution in [0.25, 0.3) is 11.1 Å². The van der Waals surface area contributed by atoms with Gasteiger partial charge in [-0.2, -0.15) is 0 Å². The number of nitro benzene ring substituents is 1. The van der Waals surface area contributed by atoms with Crippen molar-refractivity contribution < 1.29 is 28.7 Å². The molecular formula is C31H26N4O7. The average Bonchev–Trinajstić information content (AvgIpc) is 3.40. The lowest BCUT2D eigenvalue weighted by atomic mass is 10.0. The number of methoxy groups -OCH3 is 1. The molecule has 0 fully saturated rings. The molecule has 2 aliphatic rings. The molecule has 0 aliphatic carbocycles. The molecule has 0 spiro atoms. The SMILES string of the molecule is COc1cc(-c2ccc3c(c2)Nc2cc(CC(=O)NCCc4ccc5c(c4)OCO5)ccc2NC3=O)ccc1[N+](=O)[O-]. The third-order valence-corrected chi connectivity index (χ3v) is 7.11. The zero-order valence-electron chi connectivity index (χ0n) is 22.6. The van der Waals surface area contributed by atoms with Crippen molar-refractivity contribution in [3.05, 3.63) is 99.6 Å². The monoisotopic (exact) mass is 566 g/mol. The summed E-state index contributed by atoms with van der Waals surface area (Å²) in [5.41, 5.74) is 5.34. The normalized spacial score (nSPS) is 12.7. The number of rotatable bonds is 8. The number of hydrogen-bond donors (Lipinski definition) is 3. The van der Waals surface area contributed by atoms with Gasteiger partial charge in [-0.3, -0.25) is 19.7 Å². The molecule has 3 N–H and O–H groups in total. The van der Waals surface area contributed by atoms with Crippen LogP contribution in [0.5, 0.6) is 17.2 Å². The van der Waals surface area contributed by atoms with E-state index in [4.69, 9.17) is 14.2 Å². The highest BCUT2D eigenvalue weighted by atomic mass is 16.7. The molecule has 4 aromatic rings. The van der Waals surface area contributed by atoms with E-state index >= 15 is 0 Å². The molecular weight excluding hydrogens is 540 g/mol. The van der Waals surface area contributed by atoms with E-state index in [9.17, 15) is 19.7 Å². The molecule has 0 unspecified atom stereocenters. The summed E-state index contributed by atoms with van der Waals surface area (Å²) in [6, 6.07) is 21.0. The zero-order chi connectivity index (χ0) is 29.2. The van der Waals surface area contributed by atoms with Crippen LogP contribution in [-0.4, -0.2) is 37.2 Å². The fourth-order valence-electron chi connectivity index (χ4n) is 4.97. The van der Waals surface area contributed by atoms with E-state index in [1.165, 1.54) is 13.2 Å². The van der Waals surface area contributed by atoms with Crippen LogP contribution in [0.2, 0.25) is 0 Å². The Bertz CT molecular complexity index is 1740. The van der Waals surface area contributed by atoms with E-state index in [-0.39, 0.29) is 36.5 Å². The molecule has 0 atom stereocenters. The molecule has 0 radical (unpaired) electrons. The lowest BCUT2D eigenvalue weighted by Gasteiger charge is -2.13. The van der Waals surface area contributed by atoms with Gasteiger partial charge >= 0.3 is 5.69 Å². The molecule has 11 nitrogen and oxygen atoms in total. The number of carbonyl (C=O) groups excluding carboxylic acids is 2. The number of nitro groups is 1. The second-order valence-corrected chi connectivity index (χ2v) is 9.83. The van der Waals surface area contributed by atoms with Gasteiger partial charge < -0.3 is 30.2 Å². The second-order valence-electron chi connectivity index (χ2n) is 9.83. The van der Waals surface area contributed by atoms with Gasteiger partial charge in [-0.05, 0) is 77.2 Å². The largest absolute Gasteiger partial charge is 0.490 e. The average molecular weight is 567 g/mol. The topological polar surface area (TPSA) is 141 Å². The summed E-state index contributed by atoms with van der Waals surface area (Å²) in [5, 5.41) is 20.5. The number of fused-ring (bicyclic) bond motifs is 3. The van der Waals surface area contributed by atoms with Crippen molar-refractivity contribution in [2.75, 3.05) is 31.1 Å². The minimum absolute atomic E-state index is 0.122. The van der Waals surface area contributed by atoms with Crippen LogP contribution in [0.4, 0.5) is 22.7 Å². The summed E-state index contributed by atoms with van der Waals surface area (Å²) in [5.74, 6) is 1.18. The van der Waals surface area contributed by atoms with Crippen molar-refractivity contribution in [3.63, 3.8) is 0 Å². The maximum absolute atomic E-state index is 13.0. The molecule has 0 aromatic heterocycles. The van der Waals surface area contributed by atoms with Crippen LogP contribution in [0.15, 0.2) is 72.8 Å². The number of hydrogen-bond acceptors (Lipinski definition) is 8. The van der Waals surface area contributed by atoms with Gasteiger partial charge in [0.25, 0.3) is 5.91 Å². The van der Waals surface area contributed by atoms with Gasteiger partial charge in [-0.15, -0.1) is 0 Å². The van der Waals surface area contributed by atoms with Crippen LogP contribution in [0, 0.1) is 10.1 Å². The van der Waals surface area contributed by atoms with Crippen molar-refractivity contribution in [3.8, 4) is 28.4 Å². The summed E-state index contributed by atoms with van der Waals surface area (Å²) in [7, 11) is 1.38. The van der Waals surface area contributed by atoms with Crippen molar-refractivity contribution in [2.45, 2.75) is 12.8 Å². The van der Waals surface area contributed by atoms with Gasteiger partial charge in [-0.25, -0.2) is 0 Å². The number of nitrogens with zero attached hydrogens (tertiary/aromatic N) is 1. The lowest BCUT2D eigenvalue weighted by Crippen LogP contribution is -2.27. The molecule has 0 bridgehead atoms. The number of amides is 2. The smallest absolute Gasteiger partial charge is 0.310 e. The fraction of sp³-hybridized carbons (Fsp3) is 0.161. The molecule has 6 rings (SSSR count). The number of ether oxygens (including phenoxy) is 3. The predicted molar refractivity (Wildman–Crippen MR) is 156 cm³/mol. The first-order chi connectivity index (χ1) is 20.4. The number of benzene rings is 4.